The van der Waals surface area contributed by atoms with Crippen molar-refractivity contribution in [2.45, 2.75) is 13.0 Å². The summed E-state index contributed by atoms with van der Waals surface area (Å²) in [5.74, 6) is -0.391. The summed E-state index contributed by atoms with van der Waals surface area (Å²) in [6, 6.07) is 9.35. The Morgan fingerprint density at radius 3 is 2.89 bits per heavy atom. The molecular weight excluding hydrogens is 242 g/mol. The van der Waals surface area contributed by atoms with E-state index >= 15 is 0 Å². The smallest absolute Gasteiger partial charge is 0.252 e. The molecule has 0 saturated carbocycles. The number of carbonyl (C=O) groups is 2. The molecule has 2 amide bonds. The van der Waals surface area contributed by atoms with Gasteiger partial charge in [-0.2, -0.15) is 0 Å². The number of fused-ring (bicyclic) bond motifs is 1. The minimum Gasteiger partial charge on any atom is -0.357 e. The highest BCUT2D eigenvalue weighted by Gasteiger charge is 2.32. The van der Waals surface area contributed by atoms with Gasteiger partial charge < -0.3 is 4.98 Å². The van der Waals surface area contributed by atoms with Gasteiger partial charge in [-0.05, 0) is 17.5 Å². The summed E-state index contributed by atoms with van der Waals surface area (Å²) in [4.78, 5) is 28.2. The van der Waals surface area contributed by atoms with E-state index in [4.69, 9.17) is 0 Å². The van der Waals surface area contributed by atoms with Crippen molar-refractivity contribution < 1.29 is 9.59 Å². The molecule has 1 aromatic carbocycles. The van der Waals surface area contributed by atoms with E-state index in [0.29, 0.717) is 13.1 Å². The van der Waals surface area contributed by atoms with Crippen LogP contribution in [0.4, 0.5) is 0 Å². The molecule has 3 rings (SSSR count). The van der Waals surface area contributed by atoms with Crippen LogP contribution in [0.15, 0.2) is 30.3 Å². The molecule has 98 valence electrons. The summed E-state index contributed by atoms with van der Waals surface area (Å²) in [6.07, 6.45) is 0. The monoisotopic (exact) mass is 257 g/mol. The summed E-state index contributed by atoms with van der Waals surface area (Å²) < 4.78 is 0. The van der Waals surface area contributed by atoms with Gasteiger partial charge in [-0.1, -0.05) is 18.2 Å². The summed E-state index contributed by atoms with van der Waals surface area (Å²) in [5, 5.41) is 4.22. The van der Waals surface area contributed by atoms with Crippen molar-refractivity contribution in [3.63, 3.8) is 0 Å². The number of nitrogens with one attached hydrogen (secondary N) is 2. The number of hydrogen-bond acceptors (Lipinski definition) is 3. The van der Waals surface area contributed by atoms with Gasteiger partial charge in [0, 0.05) is 31.2 Å². The summed E-state index contributed by atoms with van der Waals surface area (Å²) in [7, 11) is 0. The van der Waals surface area contributed by atoms with Crippen molar-refractivity contribution in [1.82, 2.24) is 15.2 Å². The first kappa shape index (κ1) is 11.9. The molecule has 1 unspecified atom stereocenters. The molecule has 5 nitrogen and oxygen atoms in total. The Bertz CT molecular complexity index is 614. The number of H-pyrrole nitrogens is 1. The van der Waals surface area contributed by atoms with Crippen molar-refractivity contribution in [2.75, 3.05) is 13.1 Å². The fourth-order valence-electron chi connectivity index (χ4n) is 2.48. The Balaban J connectivity index is 1.96. The van der Waals surface area contributed by atoms with Crippen molar-refractivity contribution in [3.8, 4) is 0 Å². The van der Waals surface area contributed by atoms with Gasteiger partial charge in [-0.25, -0.2) is 0 Å². The van der Waals surface area contributed by atoms with Crippen molar-refractivity contribution in [2.24, 2.45) is 0 Å². The molecule has 0 aliphatic carbocycles. The van der Waals surface area contributed by atoms with Crippen LogP contribution in [0.3, 0.4) is 0 Å². The molecule has 1 saturated heterocycles. The lowest BCUT2D eigenvalue weighted by atomic mass is 10.1. The predicted octanol–water partition coefficient (Wildman–Crippen LogP) is 1.19. The van der Waals surface area contributed by atoms with Gasteiger partial charge in [0.2, 0.25) is 5.91 Å². The molecule has 5 heteroatoms. The molecule has 2 heterocycles. The number of carbonyl (C=O) groups excluding carboxylic acids is 2. The average molecular weight is 257 g/mol. The van der Waals surface area contributed by atoms with Crippen molar-refractivity contribution in [1.29, 1.82) is 0 Å². The number of hydrogen-bond donors (Lipinski definition) is 2. The second kappa shape index (κ2) is 4.51. The van der Waals surface area contributed by atoms with Crippen LogP contribution in [0.2, 0.25) is 0 Å². The number of piperazine rings is 1. The molecule has 0 radical (unpaired) electrons. The molecule has 19 heavy (non-hydrogen) atoms. The number of rotatable bonds is 1. The van der Waals surface area contributed by atoms with Crippen LogP contribution in [0.5, 0.6) is 0 Å². The topological polar surface area (TPSA) is 65.2 Å². The molecule has 1 fully saturated rings. The Hall–Kier alpha value is -2.14. The Morgan fingerprint density at radius 2 is 2.16 bits per heavy atom. The van der Waals surface area contributed by atoms with Gasteiger partial charge in [0.1, 0.15) is 6.04 Å². The lowest BCUT2D eigenvalue weighted by Crippen LogP contribution is -2.51. The van der Waals surface area contributed by atoms with E-state index in [1.54, 1.807) is 0 Å². The van der Waals surface area contributed by atoms with Gasteiger partial charge >= 0.3 is 0 Å². The van der Waals surface area contributed by atoms with Crippen LogP contribution >= 0.6 is 0 Å². The SMILES string of the molecule is CC(=O)N1CCNC(c2cc3ccccc3[nH]2)C1=O. The molecule has 0 spiro atoms. The number of amides is 2. The van der Waals surface area contributed by atoms with Gasteiger partial charge in [0.15, 0.2) is 0 Å². The maximum Gasteiger partial charge on any atom is 0.252 e. The highest BCUT2D eigenvalue weighted by molar-refractivity contribution is 5.98. The lowest BCUT2D eigenvalue weighted by molar-refractivity contribution is -0.147. The third-order valence-corrected chi connectivity index (χ3v) is 3.44. The van der Waals surface area contributed by atoms with Crippen molar-refractivity contribution >= 4 is 22.7 Å². The number of para-hydroxylation sites is 1. The number of aromatic amines is 1. The minimum absolute atomic E-state index is 0.190. The van der Waals surface area contributed by atoms with Gasteiger partial charge in [0.25, 0.3) is 5.91 Å². The van der Waals surface area contributed by atoms with Crippen LogP contribution in [-0.4, -0.2) is 34.8 Å². The van der Waals surface area contributed by atoms with E-state index in [1.807, 2.05) is 30.3 Å². The normalized spacial score (nSPS) is 19.9. The van der Waals surface area contributed by atoms with Crippen LogP contribution in [-0.2, 0) is 9.59 Å². The van der Waals surface area contributed by atoms with Gasteiger partial charge in [-0.3, -0.25) is 19.8 Å². The van der Waals surface area contributed by atoms with E-state index in [0.717, 1.165) is 16.6 Å². The molecule has 1 aliphatic heterocycles. The molecule has 1 aromatic heterocycles. The second-order valence-corrected chi connectivity index (χ2v) is 4.71. The maximum absolute atomic E-state index is 12.3. The first-order chi connectivity index (χ1) is 9.16. The zero-order valence-corrected chi connectivity index (χ0v) is 10.6. The van der Waals surface area contributed by atoms with Crippen LogP contribution in [0.1, 0.15) is 18.7 Å². The zero-order valence-electron chi connectivity index (χ0n) is 10.6. The second-order valence-electron chi connectivity index (χ2n) is 4.71. The molecule has 2 aromatic rings. The molecule has 0 bridgehead atoms. The van der Waals surface area contributed by atoms with E-state index < -0.39 is 6.04 Å². The summed E-state index contributed by atoms with van der Waals surface area (Å²) in [6.45, 7) is 2.47. The lowest BCUT2D eigenvalue weighted by Gasteiger charge is -2.30. The maximum atomic E-state index is 12.3. The molecule has 1 atom stereocenters. The highest BCUT2D eigenvalue weighted by Crippen LogP contribution is 2.23. The first-order valence-electron chi connectivity index (χ1n) is 6.30. The summed E-state index contributed by atoms with van der Waals surface area (Å²) in [5.41, 5.74) is 1.80. The fraction of sp³-hybridized carbons (Fsp3) is 0.286. The van der Waals surface area contributed by atoms with E-state index in [9.17, 15) is 9.59 Å². The van der Waals surface area contributed by atoms with Crippen molar-refractivity contribution in [3.05, 3.63) is 36.0 Å². The quantitative estimate of drug-likeness (QED) is 0.806. The van der Waals surface area contributed by atoms with Crippen LogP contribution < -0.4 is 5.32 Å². The standard InChI is InChI=1S/C14H15N3O2/c1-9(18)17-7-6-15-13(14(17)19)12-8-10-4-2-3-5-11(10)16-12/h2-5,8,13,15-16H,6-7H2,1H3. The van der Waals surface area contributed by atoms with E-state index in [2.05, 4.69) is 10.3 Å². The Labute approximate surface area is 110 Å². The Morgan fingerprint density at radius 1 is 1.37 bits per heavy atom. The first-order valence-corrected chi connectivity index (χ1v) is 6.30. The van der Waals surface area contributed by atoms with Gasteiger partial charge in [-0.15, -0.1) is 0 Å². The number of benzene rings is 1. The van der Waals surface area contributed by atoms with Crippen LogP contribution in [0.25, 0.3) is 10.9 Å². The molecular formula is C14H15N3O2. The van der Waals surface area contributed by atoms with Crippen LogP contribution in [0, 0.1) is 0 Å². The third kappa shape index (κ3) is 2.02. The van der Waals surface area contributed by atoms with E-state index in [-0.39, 0.29) is 11.8 Å². The highest BCUT2D eigenvalue weighted by atomic mass is 16.2. The fourth-order valence-corrected chi connectivity index (χ4v) is 2.48. The summed E-state index contributed by atoms with van der Waals surface area (Å²) >= 11 is 0. The van der Waals surface area contributed by atoms with Gasteiger partial charge in [0.05, 0.1) is 0 Å². The average Bonchev–Trinajstić information content (AvgIpc) is 2.82. The zero-order chi connectivity index (χ0) is 13.4. The number of nitrogens with zero attached hydrogens (tertiary/aromatic N) is 1. The predicted molar refractivity (Wildman–Crippen MR) is 71.4 cm³/mol. The minimum atomic E-state index is -0.468. The number of imide groups is 1. The third-order valence-electron chi connectivity index (χ3n) is 3.44. The largest absolute Gasteiger partial charge is 0.357 e. The molecule has 1 aliphatic rings. The Kier molecular flexibility index (Phi) is 2.83. The van der Waals surface area contributed by atoms with E-state index in [1.165, 1.54) is 11.8 Å². The number of aromatic nitrogens is 1. The molecule has 2 N–H and O–H groups in total.